The van der Waals surface area contributed by atoms with Crippen LogP contribution in [0, 0.1) is 11.8 Å². The predicted molar refractivity (Wildman–Crippen MR) is 120 cm³/mol. The first-order valence-corrected chi connectivity index (χ1v) is 12.3. The zero-order chi connectivity index (χ0) is 21.8. The average molecular weight is 439 g/mol. The van der Waals surface area contributed by atoms with Crippen molar-refractivity contribution < 1.29 is 14.1 Å². The quantitative estimate of drug-likeness (QED) is 0.687. The second-order valence-corrected chi connectivity index (χ2v) is 9.93. The van der Waals surface area contributed by atoms with Gasteiger partial charge in [0, 0.05) is 50.5 Å². The number of likely N-dealkylation sites (tertiary alicyclic amines) is 1. The molecule has 7 heteroatoms. The van der Waals surface area contributed by atoms with Gasteiger partial charge in [-0.3, -0.25) is 9.78 Å². The molecular weight excluding hydrogens is 404 g/mol. The van der Waals surface area contributed by atoms with Gasteiger partial charge in [-0.2, -0.15) is 4.98 Å². The maximum absolute atomic E-state index is 12.8. The molecule has 1 amide bonds. The number of aromatic nitrogens is 3. The summed E-state index contributed by atoms with van der Waals surface area (Å²) < 4.78 is 11.9. The number of nitrogens with zero attached hydrogens (tertiary/aromatic N) is 4. The van der Waals surface area contributed by atoms with E-state index in [1.807, 2.05) is 12.1 Å². The number of hydrogen-bond acceptors (Lipinski definition) is 6. The molecule has 32 heavy (non-hydrogen) atoms. The average Bonchev–Trinajstić information content (AvgIpc) is 3.29. The lowest BCUT2D eigenvalue weighted by molar-refractivity contribution is -0.148. The van der Waals surface area contributed by atoms with Crippen LogP contribution in [0.4, 0.5) is 0 Å². The number of carbonyl (C=O) groups is 1. The fraction of sp³-hybridized carbons (Fsp3) is 0.680. The molecule has 2 aromatic rings. The van der Waals surface area contributed by atoms with E-state index in [0.29, 0.717) is 29.5 Å². The van der Waals surface area contributed by atoms with Gasteiger partial charge in [0.1, 0.15) is 0 Å². The molecule has 2 aromatic heterocycles. The first-order valence-electron chi connectivity index (χ1n) is 12.3. The van der Waals surface area contributed by atoms with Crippen molar-refractivity contribution in [3.05, 3.63) is 30.4 Å². The van der Waals surface area contributed by atoms with Crippen LogP contribution in [0.2, 0.25) is 0 Å². The fourth-order valence-corrected chi connectivity index (χ4v) is 5.79. The zero-order valence-electron chi connectivity index (χ0n) is 18.9. The van der Waals surface area contributed by atoms with Gasteiger partial charge < -0.3 is 14.2 Å². The van der Waals surface area contributed by atoms with E-state index in [9.17, 15) is 4.79 Å². The Labute approximate surface area is 189 Å². The van der Waals surface area contributed by atoms with Crippen LogP contribution in [0.5, 0.6) is 0 Å². The normalized spacial score (nSPS) is 24.0. The third kappa shape index (κ3) is 5.03. The first kappa shape index (κ1) is 21.6. The molecule has 1 atom stereocenters. The maximum atomic E-state index is 12.8. The Morgan fingerprint density at radius 3 is 2.62 bits per heavy atom. The summed E-state index contributed by atoms with van der Waals surface area (Å²) in [5.41, 5.74) is 0.821. The number of amides is 1. The van der Waals surface area contributed by atoms with Crippen molar-refractivity contribution in [3.63, 3.8) is 0 Å². The number of ether oxygens (including phenoxy) is 1. The summed E-state index contributed by atoms with van der Waals surface area (Å²) in [5, 5.41) is 4.14. The molecule has 2 saturated heterocycles. The topological polar surface area (TPSA) is 81.4 Å². The number of rotatable bonds is 5. The lowest BCUT2D eigenvalue weighted by atomic mass is 9.78. The number of carbonyl (C=O) groups excluding carboxylic acids is 1. The molecule has 0 aromatic carbocycles. The summed E-state index contributed by atoms with van der Waals surface area (Å²) in [4.78, 5) is 23.5. The highest BCUT2D eigenvalue weighted by Gasteiger charge is 2.41. The molecule has 7 nitrogen and oxygen atoms in total. The van der Waals surface area contributed by atoms with Crippen molar-refractivity contribution in [3.8, 4) is 11.4 Å². The Morgan fingerprint density at radius 2 is 1.84 bits per heavy atom. The highest BCUT2D eigenvalue weighted by molar-refractivity contribution is 5.76. The van der Waals surface area contributed by atoms with Gasteiger partial charge in [0.25, 0.3) is 0 Å². The van der Waals surface area contributed by atoms with E-state index in [1.54, 1.807) is 12.4 Å². The zero-order valence-corrected chi connectivity index (χ0v) is 18.9. The Kier molecular flexibility index (Phi) is 6.53. The molecule has 0 bridgehead atoms. The number of hydrogen-bond donors (Lipinski definition) is 0. The van der Waals surface area contributed by atoms with Gasteiger partial charge in [-0.25, -0.2) is 0 Å². The molecule has 1 aliphatic carbocycles. The third-order valence-electron chi connectivity index (χ3n) is 7.68. The molecule has 3 aliphatic rings. The molecule has 0 N–H and O–H groups in total. The molecule has 5 rings (SSSR count). The number of piperidine rings is 1. The van der Waals surface area contributed by atoms with Gasteiger partial charge in [0.05, 0.1) is 5.60 Å². The predicted octanol–water partition coefficient (Wildman–Crippen LogP) is 4.43. The molecular formula is C25H34N4O3. The summed E-state index contributed by atoms with van der Waals surface area (Å²) in [5.74, 6) is 2.74. The Bertz CT molecular complexity index is 886. The van der Waals surface area contributed by atoms with E-state index in [4.69, 9.17) is 9.26 Å². The SMILES string of the molecule is O=C(CC1CCCCC1)N1CCC2(CC1)CC(Cc1nc(-c3ccncc3)no1)CCO2. The summed E-state index contributed by atoms with van der Waals surface area (Å²) in [7, 11) is 0. The molecule has 4 heterocycles. The van der Waals surface area contributed by atoms with Gasteiger partial charge in [-0.05, 0) is 62.5 Å². The van der Waals surface area contributed by atoms with Crippen LogP contribution in [0.15, 0.2) is 29.0 Å². The highest BCUT2D eigenvalue weighted by Crippen LogP contribution is 2.39. The van der Waals surface area contributed by atoms with Crippen molar-refractivity contribution in [2.75, 3.05) is 19.7 Å². The summed E-state index contributed by atoms with van der Waals surface area (Å²) >= 11 is 0. The second kappa shape index (κ2) is 9.69. The largest absolute Gasteiger partial charge is 0.375 e. The lowest BCUT2D eigenvalue weighted by Gasteiger charge is -2.46. The first-order chi connectivity index (χ1) is 15.7. The molecule has 0 radical (unpaired) electrons. The van der Waals surface area contributed by atoms with Crippen LogP contribution in [-0.4, -0.2) is 51.2 Å². The van der Waals surface area contributed by atoms with Gasteiger partial charge in [-0.15, -0.1) is 0 Å². The van der Waals surface area contributed by atoms with Crippen molar-refractivity contribution in [2.24, 2.45) is 11.8 Å². The third-order valence-corrected chi connectivity index (χ3v) is 7.68. The summed E-state index contributed by atoms with van der Waals surface area (Å²) in [6.45, 7) is 2.42. The number of pyridine rings is 1. The Balaban J connectivity index is 1.13. The van der Waals surface area contributed by atoms with Gasteiger partial charge in [0.2, 0.25) is 17.6 Å². The van der Waals surface area contributed by atoms with Gasteiger partial charge in [-0.1, -0.05) is 24.4 Å². The van der Waals surface area contributed by atoms with E-state index in [1.165, 1.54) is 32.1 Å². The molecule has 2 aliphatic heterocycles. The minimum atomic E-state index is -0.0987. The molecule has 3 fully saturated rings. The van der Waals surface area contributed by atoms with E-state index < -0.39 is 0 Å². The van der Waals surface area contributed by atoms with Crippen LogP contribution in [0.25, 0.3) is 11.4 Å². The fourth-order valence-electron chi connectivity index (χ4n) is 5.79. The monoisotopic (exact) mass is 438 g/mol. The maximum Gasteiger partial charge on any atom is 0.227 e. The van der Waals surface area contributed by atoms with Crippen LogP contribution >= 0.6 is 0 Å². The smallest absolute Gasteiger partial charge is 0.227 e. The van der Waals surface area contributed by atoms with Crippen LogP contribution in [0.3, 0.4) is 0 Å². The Morgan fingerprint density at radius 1 is 1.06 bits per heavy atom. The van der Waals surface area contributed by atoms with E-state index in [2.05, 4.69) is 20.0 Å². The molecule has 172 valence electrons. The van der Waals surface area contributed by atoms with Gasteiger partial charge in [0.15, 0.2) is 0 Å². The lowest BCUT2D eigenvalue weighted by Crippen LogP contribution is -2.51. The minimum Gasteiger partial charge on any atom is -0.375 e. The van der Waals surface area contributed by atoms with E-state index >= 15 is 0 Å². The molecule has 1 saturated carbocycles. The van der Waals surface area contributed by atoms with Crippen molar-refractivity contribution >= 4 is 5.91 Å². The Hall–Kier alpha value is -2.28. The van der Waals surface area contributed by atoms with Crippen molar-refractivity contribution in [1.82, 2.24) is 20.0 Å². The minimum absolute atomic E-state index is 0.0987. The van der Waals surface area contributed by atoms with Crippen LogP contribution in [-0.2, 0) is 16.0 Å². The highest BCUT2D eigenvalue weighted by atomic mass is 16.5. The molecule has 1 spiro atoms. The summed E-state index contributed by atoms with van der Waals surface area (Å²) in [6.07, 6.45) is 15.3. The standard InChI is InChI=1S/C25H34N4O3/c30-23(17-19-4-2-1-3-5-19)29-13-9-25(10-14-29)18-20(8-15-31-25)16-22-27-24(28-32-22)21-6-11-26-12-7-21/h6-7,11-12,19-20H,1-5,8-10,13-18H2. The summed E-state index contributed by atoms with van der Waals surface area (Å²) in [6, 6.07) is 3.78. The van der Waals surface area contributed by atoms with Gasteiger partial charge >= 0.3 is 0 Å². The van der Waals surface area contributed by atoms with Crippen LogP contribution in [0.1, 0.15) is 70.1 Å². The van der Waals surface area contributed by atoms with E-state index in [0.717, 1.165) is 63.8 Å². The van der Waals surface area contributed by atoms with E-state index in [-0.39, 0.29) is 5.60 Å². The van der Waals surface area contributed by atoms with Crippen molar-refractivity contribution in [1.29, 1.82) is 0 Å². The molecule has 1 unspecified atom stereocenters. The van der Waals surface area contributed by atoms with Crippen LogP contribution < -0.4 is 0 Å². The van der Waals surface area contributed by atoms with Crippen molar-refractivity contribution in [2.45, 2.75) is 76.2 Å². The second-order valence-electron chi connectivity index (χ2n) is 9.93.